The van der Waals surface area contributed by atoms with Crippen LogP contribution in [0.2, 0.25) is 0 Å². The fourth-order valence-electron chi connectivity index (χ4n) is 3.61. The predicted octanol–water partition coefficient (Wildman–Crippen LogP) is 3.48. The van der Waals surface area contributed by atoms with Crippen molar-refractivity contribution in [1.29, 1.82) is 0 Å². The summed E-state index contributed by atoms with van der Waals surface area (Å²) < 4.78 is 0. The number of anilines is 2. The van der Waals surface area contributed by atoms with Crippen LogP contribution in [0, 0.1) is 13.8 Å². The first-order valence-electron chi connectivity index (χ1n) is 6.71. The van der Waals surface area contributed by atoms with Gasteiger partial charge in [0.05, 0.1) is 16.9 Å². The second kappa shape index (κ2) is 3.66. The fourth-order valence-corrected chi connectivity index (χ4v) is 3.61. The molecule has 0 amide bonds. The Morgan fingerprint density at radius 2 is 1.88 bits per heavy atom. The molecule has 1 aliphatic carbocycles. The predicted molar refractivity (Wildman–Crippen MR) is 74.0 cm³/mol. The molecule has 0 atom stereocenters. The zero-order valence-corrected chi connectivity index (χ0v) is 11.1. The van der Waals surface area contributed by atoms with Gasteiger partial charge < -0.3 is 10.2 Å². The average molecular weight is 230 g/mol. The molecular formula is C15H22N2. The Labute approximate surface area is 104 Å². The minimum absolute atomic E-state index is 0.382. The third kappa shape index (κ3) is 1.54. The van der Waals surface area contributed by atoms with Crippen LogP contribution in [0.3, 0.4) is 0 Å². The van der Waals surface area contributed by atoms with E-state index in [1.165, 1.54) is 48.2 Å². The van der Waals surface area contributed by atoms with Crippen LogP contribution in [0.4, 0.5) is 11.4 Å². The Hall–Kier alpha value is -1.18. The molecule has 0 unspecified atom stereocenters. The van der Waals surface area contributed by atoms with Gasteiger partial charge in [0.15, 0.2) is 0 Å². The van der Waals surface area contributed by atoms with Gasteiger partial charge in [0.25, 0.3) is 0 Å². The number of nitrogens with one attached hydrogen (secondary N) is 1. The van der Waals surface area contributed by atoms with Crippen molar-refractivity contribution >= 4 is 11.4 Å². The number of hydrogen-bond acceptors (Lipinski definition) is 2. The van der Waals surface area contributed by atoms with Crippen molar-refractivity contribution in [1.82, 2.24) is 0 Å². The summed E-state index contributed by atoms with van der Waals surface area (Å²) in [5.41, 5.74) is 5.86. The highest BCUT2D eigenvalue weighted by Gasteiger charge is 2.41. The lowest BCUT2D eigenvalue weighted by Crippen LogP contribution is -2.52. The van der Waals surface area contributed by atoms with Crippen LogP contribution in [0.1, 0.15) is 36.8 Å². The van der Waals surface area contributed by atoms with Gasteiger partial charge in [-0.1, -0.05) is 18.9 Å². The topological polar surface area (TPSA) is 15.3 Å². The summed E-state index contributed by atoms with van der Waals surface area (Å²) in [6.07, 6.45) is 5.43. The van der Waals surface area contributed by atoms with E-state index < -0.39 is 0 Å². The Morgan fingerprint density at radius 1 is 1.18 bits per heavy atom. The van der Waals surface area contributed by atoms with Crippen molar-refractivity contribution in [2.75, 3.05) is 23.8 Å². The molecule has 17 heavy (non-hydrogen) atoms. The first kappa shape index (κ1) is 10.9. The second-order valence-corrected chi connectivity index (χ2v) is 5.82. The molecule has 0 bridgehead atoms. The van der Waals surface area contributed by atoms with E-state index in [0.717, 1.165) is 6.54 Å². The molecule has 1 aromatic rings. The Bertz CT molecular complexity index is 444. The molecular weight excluding hydrogens is 208 g/mol. The lowest BCUT2D eigenvalue weighted by atomic mass is 9.90. The summed E-state index contributed by atoms with van der Waals surface area (Å²) in [5.74, 6) is 0. The Balaban J connectivity index is 2.08. The van der Waals surface area contributed by atoms with E-state index in [1.807, 2.05) is 0 Å². The van der Waals surface area contributed by atoms with E-state index in [9.17, 15) is 0 Å². The maximum Gasteiger partial charge on any atom is 0.0610 e. The zero-order valence-electron chi connectivity index (χ0n) is 11.1. The van der Waals surface area contributed by atoms with E-state index in [-0.39, 0.29) is 0 Å². The maximum absolute atomic E-state index is 3.68. The van der Waals surface area contributed by atoms with Crippen LogP contribution in [-0.2, 0) is 0 Å². The molecule has 2 nitrogen and oxygen atoms in total. The van der Waals surface area contributed by atoms with E-state index >= 15 is 0 Å². The van der Waals surface area contributed by atoms with E-state index in [2.05, 4.69) is 43.2 Å². The molecule has 1 aliphatic heterocycles. The third-order valence-corrected chi connectivity index (χ3v) is 4.66. The summed E-state index contributed by atoms with van der Waals surface area (Å²) in [4.78, 5) is 2.55. The molecule has 1 spiro atoms. The average Bonchev–Trinajstić information content (AvgIpc) is 2.74. The van der Waals surface area contributed by atoms with E-state index in [0.29, 0.717) is 5.54 Å². The van der Waals surface area contributed by atoms with Gasteiger partial charge in [0.2, 0.25) is 0 Å². The molecule has 1 N–H and O–H groups in total. The molecule has 92 valence electrons. The lowest BCUT2D eigenvalue weighted by molar-refractivity contribution is 0.428. The number of benzene rings is 1. The fraction of sp³-hybridized carbons (Fsp3) is 0.600. The Morgan fingerprint density at radius 3 is 2.59 bits per heavy atom. The molecule has 0 aromatic heterocycles. The molecule has 1 heterocycles. The lowest BCUT2D eigenvalue weighted by Gasteiger charge is -2.46. The number of likely N-dealkylation sites (N-methyl/N-ethyl adjacent to an activating group) is 1. The van der Waals surface area contributed by atoms with Gasteiger partial charge in [0.1, 0.15) is 0 Å². The number of fused-ring (bicyclic) bond motifs is 1. The summed E-state index contributed by atoms with van der Waals surface area (Å²) in [6, 6.07) is 4.60. The summed E-state index contributed by atoms with van der Waals surface area (Å²) in [6.45, 7) is 5.51. The molecule has 0 radical (unpaired) electrons. The number of rotatable bonds is 0. The number of hydrogen-bond donors (Lipinski definition) is 1. The van der Waals surface area contributed by atoms with Crippen molar-refractivity contribution in [3.63, 3.8) is 0 Å². The van der Waals surface area contributed by atoms with Crippen molar-refractivity contribution < 1.29 is 0 Å². The quantitative estimate of drug-likeness (QED) is 0.734. The molecule has 2 heteroatoms. The minimum Gasteiger partial charge on any atom is -0.381 e. The third-order valence-electron chi connectivity index (χ3n) is 4.66. The first-order valence-corrected chi connectivity index (χ1v) is 6.71. The monoisotopic (exact) mass is 230 g/mol. The van der Waals surface area contributed by atoms with Crippen LogP contribution in [0.5, 0.6) is 0 Å². The zero-order chi connectivity index (χ0) is 12.0. The molecule has 1 fully saturated rings. The molecule has 0 saturated heterocycles. The van der Waals surface area contributed by atoms with Crippen LogP contribution >= 0.6 is 0 Å². The Kier molecular flexibility index (Phi) is 2.35. The maximum atomic E-state index is 3.68. The van der Waals surface area contributed by atoms with Crippen molar-refractivity contribution in [2.24, 2.45) is 0 Å². The van der Waals surface area contributed by atoms with Gasteiger partial charge in [-0.05, 0) is 43.9 Å². The molecule has 3 rings (SSSR count). The summed E-state index contributed by atoms with van der Waals surface area (Å²) in [7, 11) is 2.28. The van der Waals surface area contributed by atoms with Crippen molar-refractivity contribution in [2.45, 2.75) is 45.1 Å². The van der Waals surface area contributed by atoms with Crippen molar-refractivity contribution in [3.8, 4) is 0 Å². The van der Waals surface area contributed by atoms with E-state index in [1.54, 1.807) is 0 Å². The molecule has 1 aromatic carbocycles. The van der Waals surface area contributed by atoms with Gasteiger partial charge in [-0.2, -0.15) is 0 Å². The first-order chi connectivity index (χ1) is 8.12. The van der Waals surface area contributed by atoms with Gasteiger partial charge in [-0.25, -0.2) is 0 Å². The van der Waals surface area contributed by atoms with Crippen LogP contribution in [0.25, 0.3) is 0 Å². The van der Waals surface area contributed by atoms with Crippen LogP contribution in [-0.4, -0.2) is 19.1 Å². The number of aryl methyl sites for hydroxylation is 2. The summed E-state index contributed by atoms with van der Waals surface area (Å²) in [5, 5.41) is 3.68. The molecule has 2 aliphatic rings. The highest BCUT2D eigenvalue weighted by atomic mass is 15.2. The van der Waals surface area contributed by atoms with Gasteiger partial charge in [-0.15, -0.1) is 0 Å². The minimum atomic E-state index is 0.382. The largest absolute Gasteiger partial charge is 0.381 e. The van der Waals surface area contributed by atoms with Gasteiger partial charge in [-0.3, -0.25) is 0 Å². The van der Waals surface area contributed by atoms with Crippen molar-refractivity contribution in [3.05, 3.63) is 23.3 Å². The van der Waals surface area contributed by atoms with Gasteiger partial charge >= 0.3 is 0 Å². The number of nitrogens with zero attached hydrogens (tertiary/aromatic N) is 1. The summed E-state index contributed by atoms with van der Waals surface area (Å²) >= 11 is 0. The highest BCUT2D eigenvalue weighted by molar-refractivity contribution is 5.77. The smallest absolute Gasteiger partial charge is 0.0610 e. The second-order valence-electron chi connectivity index (χ2n) is 5.82. The molecule has 1 saturated carbocycles. The van der Waals surface area contributed by atoms with Crippen LogP contribution in [0.15, 0.2) is 12.1 Å². The van der Waals surface area contributed by atoms with Crippen LogP contribution < -0.4 is 10.2 Å². The standard InChI is InChI=1S/C15H22N2/c1-11-8-12(2)14-13(9-11)17(3)15(10-16-14)6-4-5-7-15/h8-9,16H,4-7,10H2,1-3H3. The van der Waals surface area contributed by atoms with E-state index in [4.69, 9.17) is 0 Å². The SMILES string of the molecule is Cc1cc(C)c2c(c1)N(C)C1(CCCC1)CN2. The normalized spacial score (nSPS) is 21.5. The van der Waals surface area contributed by atoms with Gasteiger partial charge in [0, 0.05) is 13.6 Å². The highest BCUT2D eigenvalue weighted by Crippen LogP contribution is 2.44.